The zero-order valence-corrected chi connectivity index (χ0v) is 31.2. The van der Waals surface area contributed by atoms with Crippen LogP contribution in [-0.2, 0) is 36.7 Å². The van der Waals surface area contributed by atoms with Gasteiger partial charge in [-0.2, -0.15) is 0 Å². The lowest BCUT2D eigenvalue weighted by atomic mass is 9.66. The summed E-state index contributed by atoms with van der Waals surface area (Å²) in [6.07, 6.45) is 7.58. The van der Waals surface area contributed by atoms with Gasteiger partial charge in [0.05, 0.1) is 12.7 Å². The summed E-state index contributed by atoms with van der Waals surface area (Å²) in [5.74, 6) is -0.630. The summed E-state index contributed by atoms with van der Waals surface area (Å²) in [6, 6.07) is 3.58. The summed E-state index contributed by atoms with van der Waals surface area (Å²) in [4.78, 5) is 40.4. The maximum absolute atomic E-state index is 14.8. The van der Waals surface area contributed by atoms with E-state index in [1.165, 1.54) is 6.92 Å². The van der Waals surface area contributed by atoms with E-state index in [4.69, 9.17) is 14.2 Å². The molecule has 3 heterocycles. The smallest absolute Gasteiger partial charge is 0.332 e. The molecule has 292 valence electrons. The molecule has 0 bridgehead atoms. The van der Waals surface area contributed by atoms with Crippen molar-refractivity contribution in [3.05, 3.63) is 23.3 Å². The second kappa shape index (κ2) is 18.4. The van der Waals surface area contributed by atoms with E-state index >= 15 is 0 Å². The van der Waals surface area contributed by atoms with Crippen molar-refractivity contribution in [2.75, 3.05) is 32.9 Å². The molecule has 1 saturated carbocycles. The molecule has 2 saturated heterocycles. The largest absolute Gasteiger partial charge is 0.504 e. The molecule has 1 amide bonds. The monoisotopic (exact) mass is 730 g/mol. The van der Waals surface area contributed by atoms with Crippen LogP contribution in [0.25, 0.3) is 0 Å². The lowest BCUT2D eigenvalue weighted by molar-refractivity contribution is -0.179. The van der Waals surface area contributed by atoms with E-state index in [0.717, 1.165) is 30.4 Å². The number of aliphatic hydroxyl groups is 3. The van der Waals surface area contributed by atoms with Crippen LogP contribution >= 0.6 is 0 Å². The second-order valence-electron chi connectivity index (χ2n) is 16.1. The first kappa shape index (κ1) is 40.3. The number of esters is 2. The highest BCUT2D eigenvalue weighted by Gasteiger charge is 2.54. The first-order valence-corrected chi connectivity index (χ1v) is 19.8. The van der Waals surface area contributed by atoms with E-state index in [1.807, 2.05) is 6.07 Å². The van der Waals surface area contributed by atoms with Gasteiger partial charge < -0.3 is 45.3 Å². The Labute approximate surface area is 308 Å². The molecule has 1 aliphatic carbocycles. The van der Waals surface area contributed by atoms with Crippen molar-refractivity contribution < 1.29 is 49.0 Å². The molecule has 1 aromatic carbocycles. The number of hydrogen-bond donors (Lipinski definition) is 6. The van der Waals surface area contributed by atoms with Crippen LogP contribution in [0.3, 0.4) is 0 Å². The van der Waals surface area contributed by atoms with Crippen molar-refractivity contribution in [1.82, 2.24) is 10.6 Å². The number of phenolic OH excluding ortho intramolecular Hbond substituents is 1. The number of amides is 1. The van der Waals surface area contributed by atoms with Crippen LogP contribution in [0.4, 0.5) is 0 Å². The molecule has 0 radical (unpaired) electrons. The predicted octanol–water partition coefficient (Wildman–Crippen LogP) is 3.86. The van der Waals surface area contributed by atoms with E-state index < -0.39 is 41.2 Å². The molecule has 6 N–H and O–H groups in total. The summed E-state index contributed by atoms with van der Waals surface area (Å²) in [5, 5.41) is 47.2. The van der Waals surface area contributed by atoms with Gasteiger partial charge in [0.15, 0.2) is 11.5 Å². The molecule has 52 heavy (non-hydrogen) atoms. The minimum Gasteiger partial charge on any atom is -0.504 e. The average Bonchev–Trinajstić information content (AvgIpc) is 3.12. The standard InChI is InChI=1S/C40H62N2O10/c1-26(45)8-9-29(6-5-20-43)34(51-27(2)46)23-35(52-38(49)40-15-4-3-7-31(40)11-13-36(48)42-40)39(16-18-41-19-17-39)24-30-10-12-33(47)37-32(30)22-28(14-21-44)25-50-37/h10,12,26,28-29,31,34-35,41,43-45,47H,3-9,11,13-25H2,1-2H3,(H,42,48)/t26-,28+,29-,31-,34-,35+,40-/m0/s1. The van der Waals surface area contributed by atoms with Gasteiger partial charge in [0.1, 0.15) is 17.7 Å². The molecule has 0 unspecified atom stereocenters. The normalized spacial score (nSPS) is 26.4. The molecule has 0 aromatic heterocycles. The third-order valence-electron chi connectivity index (χ3n) is 12.4. The van der Waals surface area contributed by atoms with Crippen LogP contribution in [0, 0.1) is 23.2 Å². The van der Waals surface area contributed by atoms with Gasteiger partial charge >= 0.3 is 11.9 Å². The van der Waals surface area contributed by atoms with Gasteiger partial charge in [0, 0.05) is 44.0 Å². The van der Waals surface area contributed by atoms with E-state index in [1.54, 1.807) is 13.0 Å². The Kier molecular flexibility index (Phi) is 14.2. The van der Waals surface area contributed by atoms with Crippen molar-refractivity contribution in [1.29, 1.82) is 0 Å². The van der Waals surface area contributed by atoms with Crippen LogP contribution in [0.1, 0.15) is 115 Å². The lowest BCUT2D eigenvalue weighted by Gasteiger charge is -2.49. The summed E-state index contributed by atoms with van der Waals surface area (Å²) in [5.41, 5.74) is 0.155. The van der Waals surface area contributed by atoms with Gasteiger partial charge in [-0.25, -0.2) is 4.79 Å². The molecule has 5 rings (SSSR count). The number of aromatic hydroxyl groups is 1. The predicted molar refractivity (Wildman–Crippen MR) is 194 cm³/mol. The Morgan fingerprint density at radius 1 is 1.04 bits per heavy atom. The van der Waals surface area contributed by atoms with E-state index in [-0.39, 0.29) is 49.0 Å². The highest BCUT2D eigenvalue weighted by molar-refractivity contribution is 5.90. The first-order valence-electron chi connectivity index (χ1n) is 19.8. The van der Waals surface area contributed by atoms with Crippen molar-refractivity contribution in [3.63, 3.8) is 0 Å². The third-order valence-corrected chi connectivity index (χ3v) is 12.4. The minimum atomic E-state index is -1.11. The summed E-state index contributed by atoms with van der Waals surface area (Å²) in [6.45, 7) is 4.87. The summed E-state index contributed by atoms with van der Waals surface area (Å²) < 4.78 is 19.0. The Bertz CT molecular complexity index is 1360. The number of piperidine rings is 2. The molecular weight excluding hydrogens is 668 g/mol. The average molecular weight is 731 g/mol. The fourth-order valence-electron chi connectivity index (χ4n) is 9.52. The quantitative estimate of drug-likeness (QED) is 0.128. The minimum absolute atomic E-state index is 0.0200. The molecule has 4 aliphatic rings. The Balaban J connectivity index is 1.58. The van der Waals surface area contributed by atoms with Crippen molar-refractivity contribution in [3.8, 4) is 11.5 Å². The molecule has 12 nitrogen and oxygen atoms in total. The van der Waals surface area contributed by atoms with E-state index in [0.29, 0.717) is 102 Å². The number of ether oxygens (including phenoxy) is 3. The molecule has 7 atom stereocenters. The third kappa shape index (κ3) is 9.59. The number of aliphatic hydroxyl groups excluding tert-OH is 3. The SMILES string of the molecule is CC(=O)O[C@@H](C[C@@H](OC(=O)[C@]12CCCC[C@H]1CCC(=O)N2)C1(Cc2ccc(O)c3c2C[C@@H](CCO)CO3)CCNCC1)[C@@H](CCCO)CC[C@H](C)O. The number of fused-ring (bicyclic) bond motifs is 2. The molecule has 1 aromatic rings. The number of hydrogen-bond acceptors (Lipinski definition) is 11. The van der Waals surface area contributed by atoms with Gasteiger partial charge in [-0.05, 0) is 126 Å². The molecule has 0 spiro atoms. The summed E-state index contributed by atoms with van der Waals surface area (Å²) >= 11 is 0. The molecular formula is C40H62N2O10. The van der Waals surface area contributed by atoms with Crippen LogP contribution in [0.2, 0.25) is 0 Å². The maximum atomic E-state index is 14.8. The molecule has 3 fully saturated rings. The Morgan fingerprint density at radius 3 is 2.54 bits per heavy atom. The highest BCUT2D eigenvalue weighted by atomic mass is 16.6. The zero-order chi connectivity index (χ0) is 37.3. The lowest BCUT2D eigenvalue weighted by Crippen LogP contribution is -2.65. The van der Waals surface area contributed by atoms with E-state index in [2.05, 4.69) is 10.6 Å². The van der Waals surface area contributed by atoms with Gasteiger partial charge in [-0.1, -0.05) is 18.9 Å². The maximum Gasteiger partial charge on any atom is 0.332 e. The van der Waals surface area contributed by atoms with Crippen molar-refractivity contribution in [2.24, 2.45) is 23.2 Å². The Hall–Kier alpha value is -2.93. The topological polar surface area (TPSA) is 184 Å². The molecule has 12 heteroatoms. The fourth-order valence-corrected chi connectivity index (χ4v) is 9.52. The van der Waals surface area contributed by atoms with Gasteiger partial charge in [0.25, 0.3) is 0 Å². The first-order chi connectivity index (χ1) is 25.0. The van der Waals surface area contributed by atoms with Crippen LogP contribution in [0.5, 0.6) is 11.5 Å². The van der Waals surface area contributed by atoms with Crippen LogP contribution in [0.15, 0.2) is 12.1 Å². The second-order valence-corrected chi connectivity index (χ2v) is 16.1. The van der Waals surface area contributed by atoms with Gasteiger partial charge in [-0.15, -0.1) is 0 Å². The number of carbonyl (C=O) groups excluding carboxylic acids is 3. The van der Waals surface area contributed by atoms with Gasteiger partial charge in [-0.3, -0.25) is 9.59 Å². The van der Waals surface area contributed by atoms with Crippen LogP contribution < -0.4 is 15.4 Å². The van der Waals surface area contributed by atoms with Crippen molar-refractivity contribution in [2.45, 2.75) is 140 Å². The number of nitrogens with one attached hydrogen (secondary N) is 2. The fraction of sp³-hybridized carbons (Fsp3) is 0.775. The number of phenols is 1. The number of benzene rings is 1. The zero-order valence-electron chi connectivity index (χ0n) is 31.2. The van der Waals surface area contributed by atoms with Gasteiger partial charge in [0.2, 0.25) is 5.91 Å². The molecule has 3 aliphatic heterocycles. The van der Waals surface area contributed by atoms with Crippen molar-refractivity contribution >= 4 is 17.8 Å². The Morgan fingerprint density at radius 2 is 1.83 bits per heavy atom. The number of carbonyl (C=O) groups is 3. The summed E-state index contributed by atoms with van der Waals surface area (Å²) in [7, 11) is 0. The van der Waals surface area contributed by atoms with Crippen LogP contribution in [-0.4, -0.2) is 95.0 Å². The highest BCUT2D eigenvalue weighted by Crippen LogP contribution is 2.48. The van der Waals surface area contributed by atoms with E-state index in [9.17, 15) is 34.8 Å². The number of rotatable bonds is 17.